The second-order valence-corrected chi connectivity index (χ2v) is 5.65. The van der Waals surface area contributed by atoms with Crippen molar-refractivity contribution in [2.45, 2.75) is 25.1 Å². The Morgan fingerprint density at radius 1 is 1.29 bits per heavy atom. The van der Waals surface area contributed by atoms with Crippen molar-refractivity contribution < 1.29 is 23.0 Å². The van der Waals surface area contributed by atoms with E-state index in [2.05, 4.69) is 4.90 Å². The van der Waals surface area contributed by atoms with Crippen LogP contribution in [-0.4, -0.2) is 42.9 Å². The Kier molecular flexibility index (Phi) is 5.11. The summed E-state index contributed by atoms with van der Waals surface area (Å²) in [7, 11) is 1.94. The van der Waals surface area contributed by atoms with Gasteiger partial charge in [0.05, 0.1) is 5.56 Å². The maximum Gasteiger partial charge on any atom is 0.416 e. The second-order valence-electron chi connectivity index (χ2n) is 5.65. The molecule has 3 nitrogen and oxygen atoms in total. The Hall–Kier alpha value is -1.27. The summed E-state index contributed by atoms with van der Waals surface area (Å²) in [5.74, 6) is 1.07. The molecule has 6 heteroatoms. The van der Waals surface area contributed by atoms with E-state index in [-0.39, 0.29) is 6.61 Å². The molecule has 1 unspecified atom stereocenters. The summed E-state index contributed by atoms with van der Waals surface area (Å²) in [6.07, 6.45) is -2.50. The number of benzene rings is 1. The smallest absolute Gasteiger partial charge is 0.416 e. The first-order valence-corrected chi connectivity index (χ1v) is 7.01. The molecule has 0 radical (unpaired) electrons. The molecule has 1 aliphatic carbocycles. The molecule has 0 heterocycles. The van der Waals surface area contributed by atoms with Crippen molar-refractivity contribution in [3.8, 4) is 5.75 Å². The van der Waals surface area contributed by atoms with Gasteiger partial charge in [0.15, 0.2) is 0 Å². The Balaban J connectivity index is 1.74. The largest absolute Gasteiger partial charge is 0.491 e. The van der Waals surface area contributed by atoms with Gasteiger partial charge in [-0.1, -0.05) is 0 Å². The first kappa shape index (κ1) is 16.1. The van der Waals surface area contributed by atoms with Crippen LogP contribution in [0, 0.1) is 5.92 Å². The molecule has 1 aromatic carbocycles. The standard InChI is InChI=1S/C15H20F3NO2/c1-19(8-11-2-3-11)9-13(20)10-21-14-6-4-12(5-7-14)15(16,17)18/h4-7,11,13,20H,2-3,8-10H2,1H3. The van der Waals surface area contributed by atoms with E-state index in [0.717, 1.165) is 24.6 Å². The zero-order chi connectivity index (χ0) is 15.5. The molecule has 118 valence electrons. The predicted molar refractivity (Wildman–Crippen MR) is 73.2 cm³/mol. The third-order valence-corrected chi connectivity index (χ3v) is 3.41. The van der Waals surface area contributed by atoms with Crippen molar-refractivity contribution >= 4 is 0 Å². The Morgan fingerprint density at radius 2 is 1.90 bits per heavy atom. The van der Waals surface area contributed by atoms with Gasteiger partial charge in [-0.05, 0) is 50.1 Å². The van der Waals surface area contributed by atoms with Crippen LogP contribution in [0.5, 0.6) is 5.75 Å². The molecular weight excluding hydrogens is 283 g/mol. The number of likely N-dealkylation sites (N-methyl/N-ethyl adjacent to an activating group) is 1. The van der Waals surface area contributed by atoms with Crippen molar-refractivity contribution in [1.29, 1.82) is 0 Å². The third-order valence-electron chi connectivity index (χ3n) is 3.41. The highest BCUT2D eigenvalue weighted by Crippen LogP contribution is 2.30. The summed E-state index contributed by atoms with van der Waals surface area (Å²) in [5.41, 5.74) is -0.709. The molecule has 1 aromatic rings. The van der Waals surface area contributed by atoms with E-state index >= 15 is 0 Å². The van der Waals surface area contributed by atoms with E-state index in [9.17, 15) is 18.3 Å². The van der Waals surface area contributed by atoms with Gasteiger partial charge in [-0.25, -0.2) is 0 Å². The molecule has 21 heavy (non-hydrogen) atoms. The maximum atomic E-state index is 12.4. The first-order valence-electron chi connectivity index (χ1n) is 7.01. The van der Waals surface area contributed by atoms with E-state index < -0.39 is 17.8 Å². The summed E-state index contributed by atoms with van der Waals surface area (Å²) >= 11 is 0. The van der Waals surface area contributed by atoms with Crippen molar-refractivity contribution in [3.63, 3.8) is 0 Å². The van der Waals surface area contributed by atoms with Gasteiger partial charge >= 0.3 is 6.18 Å². The number of alkyl halides is 3. The van der Waals surface area contributed by atoms with Gasteiger partial charge < -0.3 is 14.7 Å². The highest BCUT2D eigenvalue weighted by Gasteiger charge is 2.30. The normalized spacial score (nSPS) is 17.0. The number of hydrogen-bond acceptors (Lipinski definition) is 3. The number of hydrogen-bond donors (Lipinski definition) is 1. The van der Waals surface area contributed by atoms with Crippen LogP contribution in [0.25, 0.3) is 0 Å². The molecule has 1 aliphatic rings. The lowest BCUT2D eigenvalue weighted by Crippen LogP contribution is -2.34. The highest BCUT2D eigenvalue weighted by molar-refractivity contribution is 5.28. The number of aliphatic hydroxyl groups excluding tert-OH is 1. The minimum absolute atomic E-state index is 0.0698. The summed E-state index contributed by atoms with van der Waals surface area (Å²) in [6.45, 7) is 1.54. The lowest BCUT2D eigenvalue weighted by molar-refractivity contribution is -0.137. The lowest BCUT2D eigenvalue weighted by Gasteiger charge is -2.20. The van der Waals surface area contributed by atoms with Crippen LogP contribution in [-0.2, 0) is 6.18 Å². The average molecular weight is 303 g/mol. The molecule has 2 rings (SSSR count). The van der Waals surface area contributed by atoms with Gasteiger partial charge in [-0.15, -0.1) is 0 Å². The topological polar surface area (TPSA) is 32.7 Å². The number of nitrogens with zero attached hydrogens (tertiary/aromatic N) is 1. The Bertz CT molecular complexity index is 443. The van der Waals surface area contributed by atoms with E-state index in [4.69, 9.17) is 4.74 Å². The molecule has 1 fully saturated rings. The lowest BCUT2D eigenvalue weighted by atomic mass is 10.2. The summed E-state index contributed by atoms with van der Waals surface area (Å²) < 4.78 is 42.5. The zero-order valence-electron chi connectivity index (χ0n) is 11.9. The highest BCUT2D eigenvalue weighted by atomic mass is 19.4. The zero-order valence-corrected chi connectivity index (χ0v) is 11.9. The van der Waals surface area contributed by atoms with Gasteiger partial charge in [0, 0.05) is 13.1 Å². The quantitative estimate of drug-likeness (QED) is 0.841. The monoisotopic (exact) mass is 303 g/mol. The first-order chi connectivity index (χ1) is 9.84. The number of halogens is 3. The van der Waals surface area contributed by atoms with E-state index in [1.807, 2.05) is 7.05 Å². The second kappa shape index (κ2) is 6.66. The fourth-order valence-corrected chi connectivity index (χ4v) is 2.16. The van der Waals surface area contributed by atoms with Crippen LogP contribution in [0.15, 0.2) is 24.3 Å². The fourth-order valence-electron chi connectivity index (χ4n) is 2.16. The Morgan fingerprint density at radius 3 is 2.43 bits per heavy atom. The molecule has 1 saturated carbocycles. The molecule has 0 aromatic heterocycles. The van der Waals surface area contributed by atoms with Crippen molar-refractivity contribution in [2.75, 3.05) is 26.7 Å². The summed E-state index contributed by atoms with van der Waals surface area (Å²) in [6, 6.07) is 4.48. The van der Waals surface area contributed by atoms with Gasteiger partial charge in [0.1, 0.15) is 18.5 Å². The van der Waals surface area contributed by atoms with Crippen LogP contribution < -0.4 is 4.74 Å². The Labute approximate surface area is 122 Å². The van der Waals surface area contributed by atoms with Crippen LogP contribution in [0.3, 0.4) is 0 Å². The van der Waals surface area contributed by atoms with Crippen LogP contribution in [0.1, 0.15) is 18.4 Å². The van der Waals surface area contributed by atoms with Crippen LogP contribution >= 0.6 is 0 Å². The number of aliphatic hydroxyl groups is 1. The summed E-state index contributed by atoms with van der Waals surface area (Å²) in [4.78, 5) is 2.05. The summed E-state index contributed by atoms with van der Waals surface area (Å²) in [5, 5.41) is 9.85. The fraction of sp³-hybridized carbons (Fsp3) is 0.600. The molecule has 0 aliphatic heterocycles. The molecule has 0 saturated heterocycles. The van der Waals surface area contributed by atoms with Gasteiger partial charge in [0.25, 0.3) is 0 Å². The van der Waals surface area contributed by atoms with Crippen LogP contribution in [0.2, 0.25) is 0 Å². The van der Waals surface area contributed by atoms with Crippen LogP contribution in [0.4, 0.5) is 13.2 Å². The van der Waals surface area contributed by atoms with E-state index in [0.29, 0.717) is 12.3 Å². The van der Waals surface area contributed by atoms with E-state index in [1.165, 1.54) is 25.0 Å². The average Bonchev–Trinajstić information content (AvgIpc) is 3.19. The molecule has 1 atom stereocenters. The number of rotatable bonds is 7. The van der Waals surface area contributed by atoms with Crippen molar-refractivity contribution in [1.82, 2.24) is 4.90 Å². The molecule has 1 N–H and O–H groups in total. The minimum Gasteiger partial charge on any atom is -0.491 e. The van der Waals surface area contributed by atoms with Gasteiger partial charge in [0.2, 0.25) is 0 Å². The van der Waals surface area contributed by atoms with Crippen molar-refractivity contribution in [3.05, 3.63) is 29.8 Å². The van der Waals surface area contributed by atoms with Crippen molar-refractivity contribution in [2.24, 2.45) is 5.92 Å². The van der Waals surface area contributed by atoms with Gasteiger partial charge in [-0.2, -0.15) is 13.2 Å². The van der Waals surface area contributed by atoms with Gasteiger partial charge in [-0.3, -0.25) is 0 Å². The molecular formula is C15H20F3NO2. The maximum absolute atomic E-state index is 12.4. The number of ether oxygens (including phenoxy) is 1. The molecule has 0 amide bonds. The third kappa shape index (κ3) is 5.55. The predicted octanol–water partition coefficient (Wildman–Crippen LogP) is 2.79. The molecule has 0 bridgehead atoms. The minimum atomic E-state index is -4.34. The molecule has 0 spiro atoms. The van der Waals surface area contributed by atoms with E-state index in [1.54, 1.807) is 0 Å². The SMILES string of the molecule is CN(CC(O)COc1ccc(C(F)(F)F)cc1)CC1CC1.